The number of rotatable bonds is 8. The summed E-state index contributed by atoms with van der Waals surface area (Å²) in [6, 6.07) is 13.3. The number of nitrogens with one attached hydrogen (secondary N) is 1. The van der Waals surface area contributed by atoms with Crippen molar-refractivity contribution in [1.82, 2.24) is 5.32 Å². The third kappa shape index (κ3) is 4.86. The van der Waals surface area contributed by atoms with Crippen LogP contribution in [0, 0.1) is 0 Å². The fourth-order valence-electron chi connectivity index (χ4n) is 2.48. The van der Waals surface area contributed by atoms with Crippen LogP contribution in [0.15, 0.2) is 55.1 Å². The normalized spacial score (nSPS) is 11.5. The Labute approximate surface area is 149 Å². The first-order valence-electron chi connectivity index (χ1n) is 8.40. The fraction of sp³-hybridized carbons (Fsp3) is 0.286. The molecule has 25 heavy (non-hydrogen) atoms. The highest BCUT2D eigenvalue weighted by Gasteiger charge is 2.14. The average Bonchev–Trinajstić information content (AvgIpc) is 2.66. The lowest BCUT2D eigenvalue weighted by atomic mass is 10.0. The molecule has 0 aromatic heterocycles. The van der Waals surface area contributed by atoms with Gasteiger partial charge >= 0.3 is 0 Å². The number of methoxy groups -OCH3 is 1. The van der Waals surface area contributed by atoms with Crippen LogP contribution in [-0.2, 0) is 6.42 Å². The molecular weight excluding hydrogens is 314 g/mol. The molecule has 2 aromatic rings. The molecular formula is C21H25NO3. The predicted molar refractivity (Wildman–Crippen MR) is 100 cm³/mol. The van der Waals surface area contributed by atoms with E-state index in [1.165, 1.54) is 5.56 Å². The molecule has 0 saturated heterocycles. The van der Waals surface area contributed by atoms with E-state index in [-0.39, 0.29) is 11.9 Å². The summed E-state index contributed by atoms with van der Waals surface area (Å²) in [6.45, 7) is 8.09. The van der Waals surface area contributed by atoms with Crippen molar-refractivity contribution in [2.24, 2.45) is 0 Å². The van der Waals surface area contributed by atoms with Crippen molar-refractivity contribution in [3.05, 3.63) is 71.8 Å². The Morgan fingerprint density at radius 1 is 1.20 bits per heavy atom. The van der Waals surface area contributed by atoms with Gasteiger partial charge in [0.15, 0.2) is 11.5 Å². The first-order chi connectivity index (χ1) is 12.1. The predicted octanol–water partition coefficient (Wildman–Crippen LogP) is 4.31. The molecule has 0 heterocycles. The molecule has 0 aliphatic carbocycles. The third-order valence-corrected chi connectivity index (χ3v) is 4.02. The lowest BCUT2D eigenvalue weighted by molar-refractivity contribution is 0.0939. The summed E-state index contributed by atoms with van der Waals surface area (Å²) in [4.78, 5) is 12.5. The number of hydrogen-bond donors (Lipinski definition) is 1. The number of ether oxygens (including phenoxy) is 2. The Morgan fingerprint density at radius 3 is 2.52 bits per heavy atom. The van der Waals surface area contributed by atoms with Gasteiger partial charge in [0, 0.05) is 5.56 Å². The Bertz CT molecular complexity index is 722. The maximum Gasteiger partial charge on any atom is 0.251 e. The van der Waals surface area contributed by atoms with Crippen LogP contribution in [0.3, 0.4) is 0 Å². The largest absolute Gasteiger partial charge is 0.493 e. The van der Waals surface area contributed by atoms with Crippen LogP contribution in [0.1, 0.15) is 41.4 Å². The molecule has 1 atom stereocenters. The molecule has 4 heteroatoms. The first-order valence-corrected chi connectivity index (χ1v) is 8.40. The quantitative estimate of drug-likeness (QED) is 0.729. The Hall–Kier alpha value is -2.75. The summed E-state index contributed by atoms with van der Waals surface area (Å²) in [5.41, 5.74) is 2.88. The second-order valence-corrected chi connectivity index (χ2v) is 5.76. The lowest BCUT2D eigenvalue weighted by Crippen LogP contribution is -2.26. The molecule has 0 spiro atoms. The molecule has 2 rings (SSSR count). The van der Waals surface area contributed by atoms with Gasteiger partial charge in [0.1, 0.15) is 6.61 Å². The highest BCUT2D eigenvalue weighted by Crippen LogP contribution is 2.28. The maximum absolute atomic E-state index is 12.5. The van der Waals surface area contributed by atoms with E-state index in [0.717, 1.165) is 12.0 Å². The van der Waals surface area contributed by atoms with Gasteiger partial charge in [-0.15, -0.1) is 0 Å². The third-order valence-electron chi connectivity index (χ3n) is 4.02. The standard InChI is InChI=1S/C21H25NO3/c1-5-13-25-19-12-11-18(14-20(19)24-4)21(23)22-15(3)17-9-7-16(6-2)8-10-17/h5,7-12,14-15H,1,6,13H2,2-4H3,(H,22,23). The summed E-state index contributed by atoms with van der Waals surface area (Å²) in [5, 5.41) is 3.01. The maximum atomic E-state index is 12.5. The number of benzene rings is 2. The van der Waals surface area contributed by atoms with Crippen LogP contribution in [0.4, 0.5) is 0 Å². The lowest BCUT2D eigenvalue weighted by Gasteiger charge is -2.16. The van der Waals surface area contributed by atoms with Crippen LogP contribution in [0.2, 0.25) is 0 Å². The van der Waals surface area contributed by atoms with Crippen LogP contribution >= 0.6 is 0 Å². The molecule has 0 bridgehead atoms. The van der Waals surface area contributed by atoms with Crippen molar-refractivity contribution in [1.29, 1.82) is 0 Å². The highest BCUT2D eigenvalue weighted by atomic mass is 16.5. The van der Waals surface area contributed by atoms with Crippen molar-refractivity contribution in [2.75, 3.05) is 13.7 Å². The highest BCUT2D eigenvalue weighted by molar-refractivity contribution is 5.95. The van der Waals surface area contributed by atoms with Crippen LogP contribution in [0.25, 0.3) is 0 Å². The van der Waals surface area contributed by atoms with Gasteiger partial charge in [0.2, 0.25) is 0 Å². The Balaban J connectivity index is 2.09. The number of hydrogen-bond acceptors (Lipinski definition) is 3. The van der Waals surface area contributed by atoms with Gasteiger partial charge in [-0.3, -0.25) is 4.79 Å². The average molecular weight is 339 g/mol. The van der Waals surface area contributed by atoms with Gasteiger partial charge in [-0.1, -0.05) is 43.8 Å². The second-order valence-electron chi connectivity index (χ2n) is 5.76. The first kappa shape index (κ1) is 18.6. The van der Waals surface area contributed by atoms with Crippen LogP contribution in [-0.4, -0.2) is 19.6 Å². The Morgan fingerprint density at radius 2 is 1.92 bits per heavy atom. The number of carbonyl (C=O) groups excluding carboxylic acids is 1. The molecule has 2 aromatic carbocycles. The molecule has 0 saturated carbocycles. The number of amides is 1. The molecule has 0 aliphatic rings. The molecule has 1 N–H and O–H groups in total. The van der Waals surface area contributed by atoms with Crippen molar-refractivity contribution in [3.63, 3.8) is 0 Å². The zero-order chi connectivity index (χ0) is 18.2. The minimum absolute atomic E-state index is 0.0823. The summed E-state index contributed by atoms with van der Waals surface area (Å²) in [6.07, 6.45) is 2.66. The van der Waals surface area contributed by atoms with Crippen molar-refractivity contribution >= 4 is 5.91 Å². The van der Waals surface area contributed by atoms with Gasteiger partial charge in [-0.25, -0.2) is 0 Å². The van der Waals surface area contributed by atoms with E-state index in [1.807, 2.05) is 6.92 Å². The van der Waals surface area contributed by atoms with E-state index in [9.17, 15) is 4.79 Å². The van der Waals surface area contributed by atoms with E-state index in [1.54, 1.807) is 31.4 Å². The van der Waals surface area contributed by atoms with Gasteiger partial charge in [0.05, 0.1) is 13.2 Å². The van der Waals surface area contributed by atoms with Crippen molar-refractivity contribution in [3.8, 4) is 11.5 Å². The summed E-state index contributed by atoms with van der Waals surface area (Å²) < 4.78 is 10.8. The molecule has 0 radical (unpaired) electrons. The monoisotopic (exact) mass is 339 g/mol. The molecule has 1 amide bonds. The SMILES string of the molecule is C=CCOc1ccc(C(=O)NC(C)c2ccc(CC)cc2)cc1OC. The Kier molecular flexibility index (Phi) is 6.63. The smallest absolute Gasteiger partial charge is 0.251 e. The van der Waals surface area contributed by atoms with E-state index in [4.69, 9.17) is 9.47 Å². The van der Waals surface area contributed by atoms with Crippen molar-refractivity contribution in [2.45, 2.75) is 26.3 Å². The van der Waals surface area contributed by atoms with Gasteiger partial charge < -0.3 is 14.8 Å². The zero-order valence-electron chi connectivity index (χ0n) is 15.0. The van der Waals surface area contributed by atoms with Crippen LogP contribution < -0.4 is 14.8 Å². The fourth-order valence-corrected chi connectivity index (χ4v) is 2.48. The molecule has 0 fully saturated rings. The minimum atomic E-state index is -0.152. The van der Waals surface area contributed by atoms with E-state index >= 15 is 0 Å². The second kappa shape index (κ2) is 8.92. The van der Waals surface area contributed by atoms with E-state index in [0.29, 0.717) is 23.7 Å². The number of carbonyl (C=O) groups is 1. The van der Waals surface area contributed by atoms with Crippen molar-refractivity contribution < 1.29 is 14.3 Å². The van der Waals surface area contributed by atoms with Gasteiger partial charge in [-0.2, -0.15) is 0 Å². The molecule has 0 aliphatic heterocycles. The number of aryl methyl sites for hydroxylation is 1. The van der Waals surface area contributed by atoms with Gasteiger partial charge in [0.25, 0.3) is 5.91 Å². The summed E-state index contributed by atoms with van der Waals surface area (Å²) in [7, 11) is 1.55. The van der Waals surface area contributed by atoms with E-state index < -0.39 is 0 Å². The van der Waals surface area contributed by atoms with Crippen LogP contribution in [0.5, 0.6) is 11.5 Å². The molecule has 132 valence electrons. The summed E-state index contributed by atoms with van der Waals surface area (Å²) in [5.74, 6) is 0.956. The zero-order valence-corrected chi connectivity index (χ0v) is 15.0. The topological polar surface area (TPSA) is 47.6 Å². The van der Waals surface area contributed by atoms with E-state index in [2.05, 4.69) is 43.1 Å². The molecule has 1 unspecified atom stereocenters. The minimum Gasteiger partial charge on any atom is -0.493 e. The summed E-state index contributed by atoms with van der Waals surface area (Å²) >= 11 is 0. The van der Waals surface area contributed by atoms with Gasteiger partial charge in [-0.05, 0) is 42.7 Å². The molecule has 4 nitrogen and oxygen atoms in total.